The zero-order valence-corrected chi connectivity index (χ0v) is 16.4. The lowest BCUT2D eigenvalue weighted by atomic mass is 9.69. The smallest absolute Gasteiger partial charge is 0.322 e. The summed E-state index contributed by atoms with van der Waals surface area (Å²) in [6.45, 7) is 3.67. The van der Waals surface area contributed by atoms with Crippen molar-refractivity contribution in [2.24, 2.45) is 0 Å². The molecule has 4 rings (SSSR count). The Hall–Kier alpha value is -2.67. The average molecular weight is 381 g/mol. The van der Waals surface area contributed by atoms with Crippen molar-refractivity contribution in [2.75, 3.05) is 25.1 Å². The molecule has 7 heteroatoms. The van der Waals surface area contributed by atoms with Gasteiger partial charge in [-0.25, -0.2) is 9.78 Å². The van der Waals surface area contributed by atoms with Crippen LogP contribution in [-0.2, 0) is 5.54 Å². The summed E-state index contributed by atoms with van der Waals surface area (Å²) in [6, 6.07) is 10.5. The van der Waals surface area contributed by atoms with E-state index in [2.05, 4.69) is 57.9 Å². The Bertz CT molecular complexity index is 834. The van der Waals surface area contributed by atoms with E-state index in [0.29, 0.717) is 18.1 Å². The molecule has 1 spiro atoms. The van der Waals surface area contributed by atoms with Crippen LogP contribution in [0.1, 0.15) is 38.2 Å². The Balaban J connectivity index is 1.55. The van der Waals surface area contributed by atoms with Gasteiger partial charge in [-0.05, 0) is 37.8 Å². The molecule has 1 saturated carbocycles. The highest BCUT2D eigenvalue weighted by Crippen LogP contribution is 2.44. The fourth-order valence-corrected chi connectivity index (χ4v) is 4.66. The molecule has 1 aromatic heterocycles. The van der Waals surface area contributed by atoms with Crippen molar-refractivity contribution >= 4 is 11.7 Å². The van der Waals surface area contributed by atoms with Crippen molar-refractivity contribution in [3.8, 4) is 5.88 Å². The molecule has 7 nitrogen and oxygen atoms in total. The van der Waals surface area contributed by atoms with Crippen molar-refractivity contribution < 1.29 is 9.53 Å². The molecule has 2 aromatic rings. The first-order valence-corrected chi connectivity index (χ1v) is 9.86. The molecule has 0 unspecified atom stereocenters. The van der Waals surface area contributed by atoms with Crippen molar-refractivity contribution in [3.63, 3.8) is 0 Å². The van der Waals surface area contributed by atoms with E-state index in [1.54, 1.807) is 18.2 Å². The van der Waals surface area contributed by atoms with E-state index in [-0.39, 0.29) is 17.1 Å². The highest BCUT2D eigenvalue weighted by Gasteiger charge is 2.49. The van der Waals surface area contributed by atoms with Crippen LogP contribution in [-0.4, -0.2) is 41.7 Å². The number of amides is 2. The van der Waals surface area contributed by atoms with Crippen LogP contribution in [0, 0.1) is 0 Å². The predicted molar refractivity (Wildman–Crippen MR) is 107 cm³/mol. The SMILES string of the molecule is CCNC1(c2ccccc2)CCC2(CC1)CN(c1cncnc1OC)C(=O)N2. The molecule has 2 N–H and O–H groups in total. The second-order valence-electron chi connectivity index (χ2n) is 7.69. The van der Waals surface area contributed by atoms with E-state index in [1.165, 1.54) is 11.9 Å². The molecular formula is C21H27N5O2. The van der Waals surface area contributed by atoms with E-state index in [4.69, 9.17) is 4.74 Å². The number of carbonyl (C=O) groups excluding carboxylic acids is 1. The van der Waals surface area contributed by atoms with Gasteiger partial charge in [0.2, 0.25) is 5.88 Å². The number of carbonyl (C=O) groups is 1. The number of anilines is 1. The molecule has 1 aliphatic heterocycles. The van der Waals surface area contributed by atoms with Gasteiger partial charge in [-0.1, -0.05) is 37.3 Å². The summed E-state index contributed by atoms with van der Waals surface area (Å²) in [7, 11) is 1.56. The van der Waals surface area contributed by atoms with Gasteiger partial charge in [0.15, 0.2) is 0 Å². The Morgan fingerprint density at radius 1 is 1.21 bits per heavy atom. The molecule has 148 valence electrons. The van der Waals surface area contributed by atoms with Crippen LogP contribution in [0.25, 0.3) is 0 Å². The summed E-state index contributed by atoms with van der Waals surface area (Å²) in [4.78, 5) is 22.7. The number of ether oxygens (including phenoxy) is 1. The number of hydrogen-bond donors (Lipinski definition) is 2. The zero-order valence-electron chi connectivity index (χ0n) is 16.4. The van der Waals surface area contributed by atoms with Crippen molar-refractivity contribution in [1.82, 2.24) is 20.6 Å². The topological polar surface area (TPSA) is 79.4 Å². The number of urea groups is 1. The Morgan fingerprint density at radius 3 is 2.64 bits per heavy atom. The predicted octanol–water partition coefficient (Wildman–Crippen LogP) is 2.83. The molecule has 1 aromatic carbocycles. The lowest BCUT2D eigenvalue weighted by Crippen LogP contribution is -2.54. The highest BCUT2D eigenvalue weighted by molar-refractivity contribution is 5.96. The van der Waals surface area contributed by atoms with Crippen LogP contribution in [0.4, 0.5) is 10.5 Å². The third-order valence-electron chi connectivity index (χ3n) is 6.12. The summed E-state index contributed by atoms with van der Waals surface area (Å²) >= 11 is 0. The summed E-state index contributed by atoms with van der Waals surface area (Å²) < 4.78 is 5.32. The third kappa shape index (κ3) is 3.20. The molecular weight excluding hydrogens is 354 g/mol. The quantitative estimate of drug-likeness (QED) is 0.833. The Morgan fingerprint density at radius 2 is 1.96 bits per heavy atom. The molecule has 28 heavy (non-hydrogen) atoms. The van der Waals surface area contributed by atoms with Gasteiger partial charge in [0.1, 0.15) is 12.0 Å². The Labute approximate surface area is 165 Å². The first-order chi connectivity index (χ1) is 13.6. The normalized spacial score (nSPS) is 27.1. The van der Waals surface area contributed by atoms with E-state index in [9.17, 15) is 4.79 Å². The van der Waals surface area contributed by atoms with Crippen molar-refractivity contribution in [3.05, 3.63) is 48.4 Å². The molecule has 2 aliphatic rings. The lowest BCUT2D eigenvalue weighted by molar-refractivity contribution is 0.161. The number of hydrogen-bond acceptors (Lipinski definition) is 5. The highest BCUT2D eigenvalue weighted by atomic mass is 16.5. The van der Waals surface area contributed by atoms with Gasteiger partial charge in [-0.3, -0.25) is 4.90 Å². The van der Waals surface area contributed by atoms with Gasteiger partial charge in [-0.2, -0.15) is 4.98 Å². The average Bonchev–Trinajstić information content (AvgIpc) is 3.06. The van der Waals surface area contributed by atoms with E-state index >= 15 is 0 Å². The fourth-order valence-electron chi connectivity index (χ4n) is 4.66. The van der Waals surface area contributed by atoms with Crippen LogP contribution in [0.15, 0.2) is 42.9 Å². The fraction of sp³-hybridized carbons (Fsp3) is 0.476. The minimum Gasteiger partial charge on any atom is -0.479 e. The molecule has 0 bridgehead atoms. The standard InChI is InChI=1S/C21H27N5O2/c1-3-24-21(16-7-5-4-6-8-16)11-9-20(10-12-21)14-26(19(27)25-20)17-13-22-15-23-18(17)28-2/h4-8,13,15,24H,3,9-12,14H2,1-2H3,(H,25,27). The maximum Gasteiger partial charge on any atom is 0.322 e. The van der Waals surface area contributed by atoms with Crippen LogP contribution in [0.2, 0.25) is 0 Å². The zero-order chi connectivity index (χ0) is 19.6. The lowest BCUT2D eigenvalue weighted by Gasteiger charge is -2.45. The van der Waals surface area contributed by atoms with Gasteiger partial charge < -0.3 is 15.4 Å². The van der Waals surface area contributed by atoms with Crippen LogP contribution in [0.3, 0.4) is 0 Å². The van der Waals surface area contributed by atoms with Crippen LogP contribution >= 0.6 is 0 Å². The van der Waals surface area contributed by atoms with Gasteiger partial charge >= 0.3 is 6.03 Å². The molecule has 1 aliphatic carbocycles. The first kappa shape index (κ1) is 18.7. The number of nitrogens with zero attached hydrogens (tertiary/aromatic N) is 3. The largest absolute Gasteiger partial charge is 0.479 e. The van der Waals surface area contributed by atoms with Crippen LogP contribution < -0.4 is 20.3 Å². The number of aromatic nitrogens is 2. The molecule has 2 amide bonds. The van der Waals surface area contributed by atoms with E-state index in [0.717, 1.165) is 32.2 Å². The number of nitrogens with one attached hydrogen (secondary N) is 2. The van der Waals surface area contributed by atoms with Gasteiger partial charge in [0, 0.05) is 5.54 Å². The Kier molecular flexibility index (Phi) is 4.93. The third-order valence-corrected chi connectivity index (χ3v) is 6.12. The minimum atomic E-state index is -0.231. The summed E-state index contributed by atoms with van der Waals surface area (Å²) in [5.74, 6) is 0.421. The van der Waals surface area contributed by atoms with Gasteiger partial charge in [-0.15, -0.1) is 0 Å². The number of methoxy groups -OCH3 is 1. The summed E-state index contributed by atoms with van der Waals surface area (Å²) in [5.41, 5.74) is 1.68. The number of benzene rings is 1. The monoisotopic (exact) mass is 381 g/mol. The minimum absolute atomic E-state index is 0.0348. The molecule has 0 radical (unpaired) electrons. The summed E-state index contributed by atoms with van der Waals surface area (Å²) in [6.07, 6.45) is 6.83. The van der Waals surface area contributed by atoms with Gasteiger partial charge in [0.05, 0.1) is 25.4 Å². The molecule has 2 fully saturated rings. The molecule has 1 saturated heterocycles. The maximum absolute atomic E-state index is 12.8. The maximum atomic E-state index is 12.8. The van der Waals surface area contributed by atoms with E-state index in [1.807, 2.05) is 0 Å². The van der Waals surface area contributed by atoms with Crippen LogP contribution in [0.5, 0.6) is 5.88 Å². The van der Waals surface area contributed by atoms with Crippen molar-refractivity contribution in [2.45, 2.75) is 43.7 Å². The number of rotatable bonds is 5. The van der Waals surface area contributed by atoms with E-state index < -0.39 is 0 Å². The second-order valence-corrected chi connectivity index (χ2v) is 7.69. The van der Waals surface area contributed by atoms with Crippen molar-refractivity contribution in [1.29, 1.82) is 0 Å². The molecule has 0 atom stereocenters. The summed E-state index contributed by atoms with van der Waals surface area (Å²) in [5, 5.41) is 6.98. The molecule has 2 heterocycles. The first-order valence-electron chi connectivity index (χ1n) is 9.86. The van der Waals surface area contributed by atoms with Gasteiger partial charge in [0.25, 0.3) is 0 Å². The second kappa shape index (κ2) is 7.39.